The van der Waals surface area contributed by atoms with Crippen LogP contribution in [0.2, 0.25) is 0 Å². The topological polar surface area (TPSA) is 106 Å². The molecule has 0 aliphatic carbocycles. The molecule has 0 spiro atoms. The second-order valence-electron chi connectivity index (χ2n) is 8.74. The van der Waals surface area contributed by atoms with Crippen LogP contribution in [0.15, 0.2) is 48.5 Å². The third kappa shape index (κ3) is 8.21. The molecule has 0 saturated carbocycles. The molecule has 8 nitrogen and oxygen atoms in total. The average molecular weight is 459 g/mol. The number of para-hydroxylation sites is 4. The maximum Gasteiger partial charge on any atom is 0.328 e. The Morgan fingerprint density at radius 3 is 1.82 bits per heavy atom. The van der Waals surface area contributed by atoms with E-state index in [0.29, 0.717) is 23.8 Å². The Kier molecular flexibility index (Phi) is 8.96. The maximum atomic E-state index is 11.9. The van der Waals surface area contributed by atoms with Crippen molar-refractivity contribution in [2.24, 2.45) is 0 Å². The summed E-state index contributed by atoms with van der Waals surface area (Å²) >= 11 is 0. The molecule has 0 aliphatic heterocycles. The van der Waals surface area contributed by atoms with Gasteiger partial charge in [-0.3, -0.25) is 4.79 Å². The standard InChI is InChI=1S/C25H34N2O6/c1-6-31-22(28)17-24(2,3)26-18-11-7-9-13-20(18)32-15-16-33-21-14-10-8-12-19(21)27-25(4,5)23(29)30/h7-14,26-27H,6,15-17H2,1-5H3,(H,29,30). The Bertz CT molecular complexity index is 942. The number of esters is 1. The van der Waals surface area contributed by atoms with Gasteiger partial charge in [-0.2, -0.15) is 0 Å². The molecule has 3 N–H and O–H groups in total. The van der Waals surface area contributed by atoms with Crippen molar-refractivity contribution in [1.82, 2.24) is 0 Å². The van der Waals surface area contributed by atoms with Crippen LogP contribution >= 0.6 is 0 Å². The van der Waals surface area contributed by atoms with Crippen molar-refractivity contribution < 1.29 is 28.9 Å². The minimum atomic E-state index is -1.14. The predicted octanol–water partition coefficient (Wildman–Crippen LogP) is 4.56. The van der Waals surface area contributed by atoms with Crippen molar-refractivity contribution in [2.75, 3.05) is 30.5 Å². The minimum absolute atomic E-state index is 0.217. The number of aliphatic carboxylic acids is 1. The second-order valence-corrected chi connectivity index (χ2v) is 8.74. The number of nitrogens with one attached hydrogen (secondary N) is 2. The molecule has 8 heteroatoms. The molecule has 180 valence electrons. The highest BCUT2D eigenvalue weighted by Crippen LogP contribution is 2.29. The molecule has 2 aromatic carbocycles. The summed E-state index contributed by atoms with van der Waals surface area (Å²) in [5.41, 5.74) is -0.314. The number of carbonyl (C=O) groups excluding carboxylic acids is 1. The fourth-order valence-corrected chi connectivity index (χ4v) is 3.07. The first-order valence-electron chi connectivity index (χ1n) is 10.9. The van der Waals surface area contributed by atoms with Gasteiger partial charge in [-0.05, 0) is 58.9 Å². The maximum absolute atomic E-state index is 11.9. The van der Waals surface area contributed by atoms with Crippen molar-refractivity contribution >= 4 is 23.3 Å². The first-order valence-corrected chi connectivity index (χ1v) is 10.9. The third-order valence-electron chi connectivity index (χ3n) is 4.72. The summed E-state index contributed by atoms with van der Waals surface area (Å²) in [7, 11) is 0. The summed E-state index contributed by atoms with van der Waals surface area (Å²) in [5.74, 6) is -0.0513. The van der Waals surface area contributed by atoms with E-state index in [2.05, 4.69) is 10.6 Å². The van der Waals surface area contributed by atoms with Crippen LogP contribution in [-0.4, -0.2) is 47.9 Å². The van der Waals surface area contributed by atoms with Gasteiger partial charge in [-0.25, -0.2) is 4.79 Å². The number of hydrogen-bond acceptors (Lipinski definition) is 7. The van der Waals surface area contributed by atoms with E-state index in [4.69, 9.17) is 14.2 Å². The average Bonchev–Trinajstić information content (AvgIpc) is 2.72. The second kappa shape index (κ2) is 11.4. The first-order chi connectivity index (χ1) is 15.5. The first kappa shape index (κ1) is 25.8. The third-order valence-corrected chi connectivity index (χ3v) is 4.72. The lowest BCUT2D eigenvalue weighted by Gasteiger charge is -2.27. The molecule has 0 heterocycles. The van der Waals surface area contributed by atoms with E-state index in [-0.39, 0.29) is 25.6 Å². The summed E-state index contributed by atoms with van der Waals surface area (Å²) in [6.45, 7) is 9.68. The summed E-state index contributed by atoms with van der Waals surface area (Å²) in [4.78, 5) is 23.3. The zero-order valence-electron chi connectivity index (χ0n) is 19.9. The van der Waals surface area contributed by atoms with Crippen LogP contribution in [0.5, 0.6) is 11.5 Å². The van der Waals surface area contributed by atoms with Crippen LogP contribution < -0.4 is 20.1 Å². The van der Waals surface area contributed by atoms with Gasteiger partial charge in [-0.1, -0.05) is 24.3 Å². The lowest BCUT2D eigenvalue weighted by atomic mass is 10.00. The van der Waals surface area contributed by atoms with Gasteiger partial charge in [-0.15, -0.1) is 0 Å². The van der Waals surface area contributed by atoms with E-state index in [1.807, 2.05) is 50.2 Å². The van der Waals surface area contributed by atoms with E-state index in [1.54, 1.807) is 32.9 Å². The number of carboxylic acids is 1. The van der Waals surface area contributed by atoms with E-state index < -0.39 is 17.0 Å². The van der Waals surface area contributed by atoms with Gasteiger partial charge in [0, 0.05) is 5.54 Å². The number of benzene rings is 2. The molecule has 0 unspecified atom stereocenters. The van der Waals surface area contributed by atoms with Gasteiger partial charge in [0.05, 0.1) is 24.4 Å². The Morgan fingerprint density at radius 1 is 0.848 bits per heavy atom. The van der Waals surface area contributed by atoms with Crippen molar-refractivity contribution in [3.05, 3.63) is 48.5 Å². The van der Waals surface area contributed by atoms with Crippen LogP contribution in [0.25, 0.3) is 0 Å². The van der Waals surface area contributed by atoms with Gasteiger partial charge >= 0.3 is 11.9 Å². The molecule has 0 aliphatic rings. The van der Waals surface area contributed by atoms with Crippen molar-refractivity contribution in [3.63, 3.8) is 0 Å². The van der Waals surface area contributed by atoms with Crippen LogP contribution in [0.4, 0.5) is 11.4 Å². The quantitative estimate of drug-likeness (QED) is 0.296. The zero-order chi connectivity index (χ0) is 24.5. The van der Waals surface area contributed by atoms with Crippen LogP contribution in [0.3, 0.4) is 0 Å². The molecule has 0 bridgehead atoms. The molecule has 0 saturated heterocycles. The Morgan fingerprint density at radius 2 is 1.33 bits per heavy atom. The molecule has 0 amide bonds. The number of anilines is 2. The molecular weight excluding hydrogens is 424 g/mol. The highest BCUT2D eigenvalue weighted by molar-refractivity contribution is 5.82. The van der Waals surface area contributed by atoms with Crippen LogP contribution in [-0.2, 0) is 14.3 Å². The van der Waals surface area contributed by atoms with Gasteiger partial charge in [0.15, 0.2) is 0 Å². The molecule has 0 aromatic heterocycles. The molecule has 2 aromatic rings. The summed E-state index contributed by atoms with van der Waals surface area (Å²) in [6, 6.07) is 14.7. The van der Waals surface area contributed by atoms with Crippen LogP contribution in [0.1, 0.15) is 41.0 Å². The summed E-state index contributed by atoms with van der Waals surface area (Å²) in [5, 5.41) is 15.7. The molecule has 0 radical (unpaired) electrons. The van der Waals surface area contributed by atoms with Gasteiger partial charge in [0.2, 0.25) is 0 Å². The lowest BCUT2D eigenvalue weighted by molar-refractivity contribution is -0.144. The van der Waals surface area contributed by atoms with Crippen molar-refractivity contribution in [2.45, 2.75) is 52.1 Å². The van der Waals surface area contributed by atoms with Crippen molar-refractivity contribution in [1.29, 1.82) is 0 Å². The van der Waals surface area contributed by atoms with E-state index in [9.17, 15) is 14.7 Å². The normalized spacial score (nSPS) is 11.4. The summed E-state index contributed by atoms with van der Waals surface area (Å²) < 4.78 is 16.8. The Labute approximate surface area is 195 Å². The lowest BCUT2D eigenvalue weighted by Crippen LogP contribution is -2.40. The number of hydrogen-bond donors (Lipinski definition) is 3. The molecular formula is C25H34N2O6. The zero-order valence-corrected chi connectivity index (χ0v) is 19.9. The van der Waals surface area contributed by atoms with Gasteiger partial charge in [0.1, 0.15) is 30.3 Å². The van der Waals surface area contributed by atoms with Crippen LogP contribution in [0, 0.1) is 0 Å². The predicted molar refractivity (Wildman–Crippen MR) is 128 cm³/mol. The SMILES string of the molecule is CCOC(=O)CC(C)(C)Nc1ccccc1OCCOc1ccccc1NC(C)(C)C(=O)O. The molecule has 2 rings (SSSR count). The molecule has 0 fully saturated rings. The highest BCUT2D eigenvalue weighted by atomic mass is 16.5. The summed E-state index contributed by atoms with van der Waals surface area (Å²) in [6.07, 6.45) is 0.217. The number of carboxylic acid groups (broad SMARTS) is 1. The van der Waals surface area contributed by atoms with E-state index >= 15 is 0 Å². The number of carbonyl (C=O) groups is 2. The van der Waals surface area contributed by atoms with Gasteiger partial charge in [0.25, 0.3) is 0 Å². The monoisotopic (exact) mass is 458 g/mol. The number of rotatable bonds is 13. The molecule has 0 atom stereocenters. The van der Waals surface area contributed by atoms with Gasteiger partial charge < -0.3 is 30.0 Å². The highest BCUT2D eigenvalue weighted by Gasteiger charge is 2.27. The van der Waals surface area contributed by atoms with Crippen molar-refractivity contribution in [3.8, 4) is 11.5 Å². The minimum Gasteiger partial charge on any atom is -0.488 e. The van der Waals surface area contributed by atoms with E-state index in [1.165, 1.54) is 0 Å². The Hall–Kier alpha value is -3.42. The fraction of sp³-hybridized carbons (Fsp3) is 0.440. The van der Waals surface area contributed by atoms with E-state index in [0.717, 1.165) is 5.69 Å². The Balaban J connectivity index is 1.96. The molecule has 33 heavy (non-hydrogen) atoms. The smallest absolute Gasteiger partial charge is 0.328 e. The fourth-order valence-electron chi connectivity index (χ4n) is 3.07. The number of ether oxygens (including phenoxy) is 3. The largest absolute Gasteiger partial charge is 0.488 e.